The molecule has 0 aliphatic carbocycles. The van der Waals surface area contributed by atoms with Crippen molar-refractivity contribution in [3.05, 3.63) is 72.8 Å². The van der Waals surface area contributed by atoms with Gasteiger partial charge in [0, 0.05) is 57.7 Å². The third kappa shape index (κ3) is 4.19. The van der Waals surface area contributed by atoms with Crippen LogP contribution in [-0.4, -0.2) is 72.5 Å². The van der Waals surface area contributed by atoms with Gasteiger partial charge in [0.1, 0.15) is 17.3 Å². The zero-order valence-electron chi connectivity index (χ0n) is 20.2. The largest absolute Gasteiger partial charge is 0.506 e. The SMILES string of the molecule is Oc1ccccc1N1CCN(c2nc(N3CCN(c4ccccc4O)CC3)c3ccccc3n2)CC1. The van der Waals surface area contributed by atoms with E-state index in [0.717, 1.165) is 86.4 Å². The Morgan fingerprint density at radius 2 is 0.972 bits per heavy atom. The van der Waals surface area contributed by atoms with Crippen LogP contribution in [0.2, 0.25) is 0 Å². The highest BCUT2D eigenvalue weighted by Crippen LogP contribution is 2.32. The van der Waals surface area contributed by atoms with E-state index in [0.29, 0.717) is 11.5 Å². The summed E-state index contributed by atoms with van der Waals surface area (Å²) in [7, 11) is 0. The molecule has 0 radical (unpaired) electrons. The molecule has 3 heterocycles. The Kier molecular flexibility index (Phi) is 5.85. The molecule has 184 valence electrons. The van der Waals surface area contributed by atoms with Gasteiger partial charge in [0.25, 0.3) is 0 Å². The topological polar surface area (TPSA) is 79.2 Å². The van der Waals surface area contributed by atoms with Gasteiger partial charge >= 0.3 is 0 Å². The summed E-state index contributed by atoms with van der Waals surface area (Å²) >= 11 is 0. The molecule has 0 amide bonds. The monoisotopic (exact) mass is 482 g/mol. The summed E-state index contributed by atoms with van der Waals surface area (Å²) in [5, 5.41) is 21.6. The fourth-order valence-corrected chi connectivity index (χ4v) is 5.20. The van der Waals surface area contributed by atoms with Gasteiger partial charge in [0.05, 0.1) is 16.9 Å². The number of phenolic OH excluding ortho intramolecular Hbond substituents is 2. The second kappa shape index (κ2) is 9.45. The molecule has 36 heavy (non-hydrogen) atoms. The number of para-hydroxylation sites is 5. The smallest absolute Gasteiger partial charge is 0.228 e. The van der Waals surface area contributed by atoms with Crippen LogP contribution < -0.4 is 19.6 Å². The highest BCUT2D eigenvalue weighted by atomic mass is 16.3. The molecule has 2 aliphatic rings. The van der Waals surface area contributed by atoms with Crippen molar-refractivity contribution in [3.8, 4) is 11.5 Å². The first kappa shape index (κ1) is 22.3. The molecule has 0 saturated carbocycles. The summed E-state index contributed by atoms with van der Waals surface area (Å²) in [6.45, 7) is 6.41. The molecule has 0 atom stereocenters. The Morgan fingerprint density at radius 3 is 1.56 bits per heavy atom. The van der Waals surface area contributed by atoms with Crippen molar-refractivity contribution < 1.29 is 10.2 Å². The minimum absolute atomic E-state index is 0.318. The van der Waals surface area contributed by atoms with Crippen molar-refractivity contribution in [2.24, 2.45) is 0 Å². The molecule has 6 rings (SSSR count). The van der Waals surface area contributed by atoms with Crippen molar-refractivity contribution in [3.63, 3.8) is 0 Å². The number of aromatic nitrogens is 2. The van der Waals surface area contributed by atoms with Crippen LogP contribution in [0.3, 0.4) is 0 Å². The summed E-state index contributed by atoms with van der Waals surface area (Å²) in [6.07, 6.45) is 0. The van der Waals surface area contributed by atoms with Gasteiger partial charge in [0.2, 0.25) is 5.95 Å². The van der Waals surface area contributed by atoms with Gasteiger partial charge in [0.15, 0.2) is 0 Å². The van der Waals surface area contributed by atoms with Crippen molar-refractivity contribution >= 4 is 34.0 Å². The van der Waals surface area contributed by atoms with E-state index in [2.05, 4.69) is 31.7 Å². The fraction of sp³-hybridized carbons (Fsp3) is 0.286. The van der Waals surface area contributed by atoms with E-state index in [4.69, 9.17) is 9.97 Å². The minimum atomic E-state index is 0.318. The quantitative estimate of drug-likeness (QED) is 0.456. The van der Waals surface area contributed by atoms with E-state index in [9.17, 15) is 10.2 Å². The Bertz CT molecular complexity index is 1360. The maximum Gasteiger partial charge on any atom is 0.228 e. The van der Waals surface area contributed by atoms with E-state index in [1.165, 1.54) is 0 Å². The number of benzene rings is 3. The molecule has 0 spiro atoms. The van der Waals surface area contributed by atoms with Gasteiger partial charge in [-0.05, 0) is 36.4 Å². The first-order valence-electron chi connectivity index (χ1n) is 12.5. The summed E-state index contributed by atoms with van der Waals surface area (Å²) in [4.78, 5) is 19.0. The third-order valence-corrected chi connectivity index (χ3v) is 7.16. The van der Waals surface area contributed by atoms with Crippen LogP contribution in [0.15, 0.2) is 72.8 Å². The van der Waals surface area contributed by atoms with Gasteiger partial charge < -0.3 is 29.8 Å². The second-order valence-corrected chi connectivity index (χ2v) is 9.29. The van der Waals surface area contributed by atoms with Gasteiger partial charge in [-0.1, -0.05) is 36.4 Å². The maximum atomic E-state index is 10.3. The van der Waals surface area contributed by atoms with Crippen molar-refractivity contribution in [1.29, 1.82) is 0 Å². The lowest BCUT2D eigenvalue weighted by Gasteiger charge is -2.38. The van der Waals surface area contributed by atoms with Gasteiger partial charge in [-0.15, -0.1) is 0 Å². The van der Waals surface area contributed by atoms with Crippen LogP contribution in [0, 0.1) is 0 Å². The average Bonchev–Trinajstić information content (AvgIpc) is 2.93. The van der Waals surface area contributed by atoms with Gasteiger partial charge in [-0.2, -0.15) is 4.98 Å². The molecule has 2 saturated heterocycles. The highest BCUT2D eigenvalue weighted by Gasteiger charge is 2.25. The Morgan fingerprint density at radius 1 is 0.500 bits per heavy atom. The van der Waals surface area contributed by atoms with E-state index in [1.807, 2.05) is 48.5 Å². The fourth-order valence-electron chi connectivity index (χ4n) is 5.20. The molecule has 8 heteroatoms. The Hall–Kier alpha value is -4.20. The zero-order valence-corrected chi connectivity index (χ0v) is 20.2. The van der Waals surface area contributed by atoms with Gasteiger partial charge in [-0.3, -0.25) is 0 Å². The summed E-state index contributed by atoms with van der Waals surface area (Å²) in [5.74, 6) is 2.36. The van der Waals surface area contributed by atoms with E-state index >= 15 is 0 Å². The van der Waals surface area contributed by atoms with E-state index in [-0.39, 0.29) is 0 Å². The Labute approximate surface area is 210 Å². The van der Waals surface area contributed by atoms with Crippen LogP contribution in [0.1, 0.15) is 0 Å². The number of hydrogen-bond donors (Lipinski definition) is 2. The maximum absolute atomic E-state index is 10.3. The summed E-state index contributed by atoms with van der Waals surface area (Å²) in [5.41, 5.74) is 2.70. The molecule has 3 aromatic carbocycles. The highest BCUT2D eigenvalue weighted by molar-refractivity contribution is 5.90. The zero-order chi connectivity index (χ0) is 24.5. The molecule has 0 bridgehead atoms. The number of piperazine rings is 2. The van der Waals surface area contributed by atoms with Crippen LogP contribution in [0.4, 0.5) is 23.1 Å². The normalized spacial score (nSPS) is 16.6. The van der Waals surface area contributed by atoms with Gasteiger partial charge in [-0.25, -0.2) is 4.98 Å². The van der Waals surface area contributed by atoms with Crippen molar-refractivity contribution in [1.82, 2.24) is 9.97 Å². The van der Waals surface area contributed by atoms with Crippen molar-refractivity contribution in [2.75, 3.05) is 72.0 Å². The first-order chi connectivity index (χ1) is 17.7. The molecule has 1 aromatic heterocycles. The van der Waals surface area contributed by atoms with E-state index in [1.54, 1.807) is 12.1 Å². The molecular formula is C28H30N6O2. The molecule has 2 aliphatic heterocycles. The third-order valence-electron chi connectivity index (χ3n) is 7.16. The van der Waals surface area contributed by atoms with Crippen molar-refractivity contribution in [2.45, 2.75) is 0 Å². The molecule has 4 aromatic rings. The summed E-state index contributed by atoms with van der Waals surface area (Å²) in [6, 6.07) is 23.2. The van der Waals surface area contributed by atoms with Crippen LogP contribution in [0.5, 0.6) is 11.5 Å². The lowest BCUT2D eigenvalue weighted by molar-refractivity contribution is 0.472. The number of aromatic hydroxyl groups is 2. The lowest BCUT2D eigenvalue weighted by atomic mass is 10.2. The number of anilines is 4. The number of hydrogen-bond acceptors (Lipinski definition) is 8. The standard InChI is InChI=1S/C28H30N6O2/c35-25-11-5-3-9-23(25)31-13-17-33(18-14-31)27-21-7-1-2-8-22(21)29-28(30-27)34-19-15-32(16-20-34)24-10-4-6-12-26(24)36/h1-12,35-36H,13-20H2. The predicted octanol–water partition coefficient (Wildman–Crippen LogP) is 3.69. The number of rotatable bonds is 4. The van der Waals surface area contributed by atoms with Crippen LogP contribution in [-0.2, 0) is 0 Å². The molecule has 0 unspecified atom stereocenters. The number of phenols is 2. The predicted molar refractivity (Wildman–Crippen MR) is 145 cm³/mol. The second-order valence-electron chi connectivity index (χ2n) is 9.29. The summed E-state index contributed by atoms with van der Waals surface area (Å²) < 4.78 is 0. The Balaban J connectivity index is 1.22. The first-order valence-corrected chi connectivity index (χ1v) is 12.5. The molecular weight excluding hydrogens is 452 g/mol. The average molecular weight is 483 g/mol. The number of nitrogens with zero attached hydrogens (tertiary/aromatic N) is 6. The van der Waals surface area contributed by atoms with Crippen LogP contribution >= 0.6 is 0 Å². The van der Waals surface area contributed by atoms with Crippen LogP contribution in [0.25, 0.3) is 10.9 Å². The number of fused-ring (bicyclic) bond motifs is 1. The molecule has 2 fully saturated rings. The van der Waals surface area contributed by atoms with E-state index < -0.39 is 0 Å². The minimum Gasteiger partial charge on any atom is -0.506 e. The molecule has 8 nitrogen and oxygen atoms in total. The lowest BCUT2D eigenvalue weighted by Crippen LogP contribution is -2.48. The molecule has 2 N–H and O–H groups in total.